The van der Waals surface area contributed by atoms with Crippen LogP contribution in [0.5, 0.6) is 0 Å². The van der Waals surface area contributed by atoms with Crippen molar-refractivity contribution in [2.75, 3.05) is 5.75 Å². The molecule has 0 N–H and O–H groups in total. The molecule has 0 aliphatic carbocycles. The lowest BCUT2D eigenvalue weighted by Gasteiger charge is -2.44. The second-order valence-corrected chi connectivity index (χ2v) is 8.05. The Bertz CT molecular complexity index is 708. The molecule has 26 heavy (non-hydrogen) atoms. The van der Waals surface area contributed by atoms with E-state index in [1.54, 1.807) is 28.8 Å². The second-order valence-electron chi connectivity index (χ2n) is 6.53. The Morgan fingerprint density at radius 2 is 2.04 bits per heavy atom. The molecule has 0 radical (unpaired) electrons. The molecule has 2 fully saturated rings. The van der Waals surface area contributed by atoms with Gasteiger partial charge in [0.1, 0.15) is 12.6 Å². The van der Waals surface area contributed by atoms with Gasteiger partial charge in [-0.15, -0.1) is 0 Å². The average molecular weight is 378 g/mol. The molecule has 2 aliphatic rings. The van der Waals surface area contributed by atoms with Gasteiger partial charge in [-0.2, -0.15) is 11.8 Å². The van der Waals surface area contributed by atoms with Crippen LogP contribution in [0.2, 0.25) is 0 Å². The van der Waals surface area contributed by atoms with E-state index in [-0.39, 0.29) is 41.4 Å². The van der Waals surface area contributed by atoms with Crippen LogP contribution in [-0.2, 0) is 20.9 Å². The molecule has 2 heterocycles. The number of hydrogen-bond acceptors (Lipinski definition) is 6. The molecule has 2 aliphatic heterocycles. The predicted octanol–water partition coefficient (Wildman–Crippen LogP) is 2.77. The number of carbonyl (C=O) groups is 2. The Labute approximate surface area is 156 Å². The maximum Gasteiger partial charge on any atom is 0.330 e. The van der Waals surface area contributed by atoms with E-state index in [2.05, 4.69) is 0 Å². The van der Waals surface area contributed by atoms with Gasteiger partial charge in [0.25, 0.3) is 5.69 Å². The number of nitro groups is 1. The number of β-lactam (4-membered cyclic amide) rings is 1. The number of esters is 1. The summed E-state index contributed by atoms with van der Waals surface area (Å²) in [4.78, 5) is 37.0. The Balaban J connectivity index is 1.65. The zero-order valence-corrected chi connectivity index (χ0v) is 15.6. The van der Waals surface area contributed by atoms with Crippen LogP contribution in [0.3, 0.4) is 0 Å². The summed E-state index contributed by atoms with van der Waals surface area (Å²) < 4.78 is 5.44. The molecule has 1 unspecified atom stereocenters. The Kier molecular flexibility index (Phi) is 5.50. The summed E-state index contributed by atoms with van der Waals surface area (Å²) in [6.07, 6.45) is 1.63. The van der Waals surface area contributed by atoms with Gasteiger partial charge in [0, 0.05) is 23.4 Å². The number of thioether (sulfide) groups is 1. The maximum atomic E-state index is 12.7. The molecule has 0 saturated carbocycles. The Morgan fingerprint density at radius 1 is 1.35 bits per heavy atom. The number of hydrogen-bond donors (Lipinski definition) is 0. The summed E-state index contributed by atoms with van der Waals surface area (Å²) >= 11 is 1.69. The Hall–Kier alpha value is -2.09. The SMILES string of the molecule is CCS[C@@H]1CC2[C@@H](CC)C(=O)N2[C@H]1C(=O)OCc1ccc([N+](=O)[O-])cc1. The van der Waals surface area contributed by atoms with Crippen molar-refractivity contribution in [3.63, 3.8) is 0 Å². The minimum Gasteiger partial charge on any atom is -0.459 e. The maximum absolute atomic E-state index is 12.7. The molecular weight excluding hydrogens is 356 g/mol. The average Bonchev–Trinajstić information content (AvgIpc) is 2.95. The monoisotopic (exact) mass is 378 g/mol. The number of amides is 1. The van der Waals surface area contributed by atoms with Crippen molar-refractivity contribution in [3.05, 3.63) is 39.9 Å². The number of carbonyl (C=O) groups excluding carboxylic acids is 2. The highest BCUT2D eigenvalue weighted by molar-refractivity contribution is 7.99. The van der Waals surface area contributed by atoms with Crippen LogP contribution >= 0.6 is 11.8 Å². The minimum atomic E-state index is -0.529. The molecule has 1 aromatic rings. The number of non-ortho nitro benzene ring substituents is 1. The number of rotatable bonds is 7. The van der Waals surface area contributed by atoms with Crippen LogP contribution in [0.4, 0.5) is 5.69 Å². The summed E-state index contributed by atoms with van der Waals surface area (Å²) in [5, 5.41) is 10.8. The van der Waals surface area contributed by atoms with Gasteiger partial charge in [0.15, 0.2) is 0 Å². The zero-order valence-electron chi connectivity index (χ0n) is 14.8. The fraction of sp³-hybridized carbons (Fsp3) is 0.556. The molecular formula is C18H22N2O5S. The van der Waals surface area contributed by atoms with Gasteiger partial charge >= 0.3 is 5.97 Å². The topological polar surface area (TPSA) is 89.8 Å². The molecule has 7 nitrogen and oxygen atoms in total. The first kappa shape index (κ1) is 18.7. The first-order valence-electron chi connectivity index (χ1n) is 8.81. The second kappa shape index (κ2) is 7.65. The lowest BCUT2D eigenvalue weighted by Crippen LogP contribution is -2.62. The highest BCUT2D eigenvalue weighted by Crippen LogP contribution is 2.45. The van der Waals surface area contributed by atoms with Crippen LogP contribution in [0, 0.1) is 16.0 Å². The molecule has 0 spiro atoms. The van der Waals surface area contributed by atoms with Crippen LogP contribution in [-0.4, -0.2) is 44.8 Å². The van der Waals surface area contributed by atoms with E-state index in [0.29, 0.717) is 5.56 Å². The largest absolute Gasteiger partial charge is 0.459 e. The Morgan fingerprint density at radius 3 is 2.62 bits per heavy atom. The van der Waals surface area contributed by atoms with E-state index in [4.69, 9.17) is 4.74 Å². The predicted molar refractivity (Wildman–Crippen MR) is 97.6 cm³/mol. The van der Waals surface area contributed by atoms with Crippen molar-refractivity contribution in [1.82, 2.24) is 4.90 Å². The standard InChI is InChI=1S/C18H22N2O5S/c1-3-13-14-9-15(26-4-2)16(19(14)17(13)21)18(22)25-10-11-5-7-12(8-6-11)20(23)24/h5-8,13-16H,3-4,9-10H2,1-2H3/t13-,14?,15-,16-/m1/s1. The van der Waals surface area contributed by atoms with Crippen LogP contribution in [0.1, 0.15) is 32.3 Å². The van der Waals surface area contributed by atoms with Gasteiger partial charge in [0.05, 0.1) is 10.8 Å². The van der Waals surface area contributed by atoms with Gasteiger partial charge in [0.2, 0.25) is 5.91 Å². The first-order valence-corrected chi connectivity index (χ1v) is 9.86. The van der Waals surface area contributed by atoms with Crippen LogP contribution in [0.15, 0.2) is 24.3 Å². The molecule has 1 aromatic carbocycles. The lowest BCUT2D eigenvalue weighted by molar-refractivity contribution is -0.384. The number of nitro benzene ring substituents is 1. The van der Waals surface area contributed by atoms with E-state index < -0.39 is 11.0 Å². The van der Waals surface area contributed by atoms with Gasteiger partial charge in [-0.3, -0.25) is 14.9 Å². The van der Waals surface area contributed by atoms with E-state index >= 15 is 0 Å². The van der Waals surface area contributed by atoms with Gasteiger partial charge in [-0.05, 0) is 36.3 Å². The van der Waals surface area contributed by atoms with Crippen molar-refractivity contribution in [3.8, 4) is 0 Å². The van der Waals surface area contributed by atoms with Crippen molar-refractivity contribution in [2.24, 2.45) is 5.92 Å². The third-order valence-electron chi connectivity index (χ3n) is 5.11. The number of benzene rings is 1. The normalized spacial score (nSPS) is 27.0. The molecule has 1 amide bonds. The van der Waals surface area contributed by atoms with Crippen LogP contribution < -0.4 is 0 Å². The van der Waals surface area contributed by atoms with Gasteiger partial charge in [-0.25, -0.2) is 4.79 Å². The third kappa shape index (κ3) is 3.30. The number of nitrogens with zero attached hydrogens (tertiary/aromatic N) is 2. The quantitative estimate of drug-likeness (QED) is 0.314. The summed E-state index contributed by atoms with van der Waals surface area (Å²) in [5.41, 5.74) is 0.675. The summed E-state index contributed by atoms with van der Waals surface area (Å²) in [6, 6.07) is 5.53. The van der Waals surface area contributed by atoms with Crippen molar-refractivity contribution < 1.29 is 19.2 Å². The molecule has 0 aromatic heterocycles. The van der Waals surface area contributed by atoms with E-state index in [1.165, 1.54) is 12.1 Å². The molecule has 4 atom stereocenters. The van der Waals surface area contributed by atoms with E-state index in [0.717, 1.165) is 18.6 Å². The number of fused-ring (bicyclic) bond motifs is 1. The minimum absolute atomic E-state index is 0.00472. The molecule has 2 saturated heterocycles. The molecule has 140 valence electrons. The summed E-state index contributed by atoms with van der Waals surface area (Å²) in [5.74, 6) is 0.568. The highest BCUT2D eigenvalue weighted by atomic mass is 32.2. The summed E-state index contributed by atoms with van der Waals surface area (Å²) in [6.45, 7) is 4.08. The van der Waals surface area contributed by atoms with E-state index in [9.17, 15) is 19.7 Å². The van der Waals surface area contributed by atoms with Crippen LogP contribution in [0.25, 0.3) is 0 Å². The fourth-order valence-corrected chi connectivity index (χ4v) is 5.02. The highest BCUT2D eigenvalue weighted by Gasteiger charge is 2.59. The van der Waals surface area contributed by atoms with Gasteiger partial charge < -0.3 is 9.64 Å². The smallest absolute Gasteiger partial charge is 0.330 e. The lowest BCUT2D eigenvalue weighted by atomic mass is 9.86. The summed E-state index contributed by atoms with van der Waals surface area (Å²) in [7, 11) is 0. The van der Waals surface area contributed by atoms with E-state index in [1.807, 2.05) is 13.8 Å². The van der Waals surface area contributed by atoms with Crippen molar-refractivity contribution in [2.45, 2.75) is 50.6 Å². The van der Waals surface area contributed by atoms with Crippen molar-refractivity contribution in [1.29, 1.82) is 0 Å². The number of ether oxygens (including phenoxy) is 1. The fourth-order valence-electron chi connectivity index (χ4n) is 3.84. The third-order valence-corrected chi connectivity index (χ3v) is 6.32. The molecule has 3 rings (SSSR count). The first-order chi connectivity index (χ1) is 12.5. The molecule has 8 heteroatoms. The zero-order chi connectivity index (χ0) is 18.8. The van der Waals surface area contributed by atoms with Gasteiger partial charge in [-0.1, -0.05) is 13.8 Å². The molecule has 0 bridgehead atoms. The van der Waals surface area contributed by atoms with Crippen molar-refractivity contribution >= 4 is 29.3 Å².